The van der Waals surface area contributed by atoms with Crippen LogP contribution in [0.4, 0.5) is 5.95 Å². The van der Waals surface area contributed by atoms with Gasteiger partial charge < -0.3 is 10.4 Å². The highest BCUT2D eigenvalue weighted by Crippen LogP contribution is 2.14. The lowest BCUT2D eigenvalue weighted by Crippen LogP contribution is -2.37. The van der Waals surface area contributed by atoms with E-state index in [-0.39, 0.29) is 17.8 Å². The van der Waals surface area contributed by atoms with E-state index in [1.54, 1.807) is 11.6 Å². The van der Waals surface area contributed by atoms with Crippen LogP contribution in [-0.4, -0.2) is 36.9 Å². The van der Waals surface area contributed by atoms with Gasteiger partial charge in [-0.15, -0.1) is 0 Å². The Kier molecular flexibility index (Phi) is 3.43. The van der Waals surface area contributed by atoms with Crippen molar-refractivity contribution in [3.05, 3.63) is 20.8 Å². The van der Waals surface area contributed by atoms with Crippen LogP contribution in [0.2, 0.25) is 0 Å². The highest BCUT2D eigenvalue weighted by Gasteiger charge is 2.17. The van der Waals surface area contributed by atoms with E-state index in [0.29, 0.717) is 24.7 Å². The summed E-state index contributed by atoms with van der Waals surface area (Å²) in [6.45, 7) is 2.75. The number of imidazole rings is 1. The van der Waals surface area contributed by atoms with Gasteiger partial charge >= 0.3 is 5.69 Å². The minimum atomic E-state index is -0.419. The van der Waals surface area contributed by atoms with E-state index in [9.17, 15) is 9.59 Å². The van der Waals surface area contributed by atoms with E-state index in [1.807, 2.05) is 6.92 Å². The molecule has 2 N–H and O–H groups in total. The van der Waals surface area contributed by atoms with Crippen molar-refractivity contribution in [2.75, 3.05) is 18.5 Å². The maximum absolute atomic E-state index is 12.1. The van der Waals surface area contributed by atoms with Crippen LogP contribution >= 0.6 is 0 Å². The normalized spacial score (nSPS) is 11.2. The smallest absolute Gasteiger partial charge is 0.332 e. The first-order valence-corrected chi connectivity index (χ1v) is 6.03. The number of nitrogens with one attached hydrogen (secondary N) is 1. The Balaban J connectivity index is 2.83. The zero-order chi connectivity index (χ0) is 14.2. The summed E-state index contributed by atoms with van der Waals surface area (Å²) >= 11 is 0. The van der Waals surface area contributed by atoms with E-state index >= 15 is 0 Å². The van der Waals surface area contributed by atoms with Crippen molar-refractivity contribution in [2.24, 2.45) is 14.1 Å². The molecular formula is C11H17N5O3. The van der Waals surface area contributed by atoms with Gasteiger partial charge in [-0.2, -0.15) is 0 Å². The lowest BCUT2D eigenvalue weighted by Gasteiger charge is -2.09. The summed E-state index contributed by atoms with van der Waals surface area (Å²) in [4.78, 5) is 28.2. The standard InChI is InChI=1S/C11H17N5O3/c1-4-16-8-7(13-10(16)12-5-6-17)9(18)15(3)11(19)14(8)2/h17H,4-6H2,1-3H3,(H,12,13). The Morgan fingerprint density at radius 1 is 1.26 bits per heavy atom. The van der Waals surface area contributed by atoms with Crippen molar-refractivity contribution in [1.82, 2.24) is 18.7 Å². The Bertz CT molecular complexity index is 724. The van der Waals surface area contributed by atoms with Gasteiger partial charge in [-0.25, -0.2) is 9.78 Å². The van der Waals surface area contributed by atoms with Gasteiger partial charge in [0.15, 0.2) is 11.2 Å². The van der Waals surface area contributed by atoms with Crippen LogP contribution in [-0.2, 0) is 20.6 Å². The van der Waals surface area contributed by atoms with Gasteiger partial charge in [0.1, 0.15) is 0 Å². The van der Waals surface area contributed by atoms with Crippen LogP contribution in [0.15, 0.2) is 9.59 Å². The van der Waals surface area contributed by atoms with E-state index < -0.39 is 5.56 Å². The van der Waals surface area contributed by atoms with Gasteiger partial charge in [0.05, 0.1) is 6.61 Å². The quantitative estimate of drug-likeness (QED) is 0.730. The molecule has 0 saturated heterocycles. The number of aliphatic hydroxyl groups is 1. The van der Waals surface area contributed by atoms with Gasteiger partial charge in [0.25, 0.3) is 5.56 Å². The molecule has 0 aliphatic heterocycles. The molecule has 8 heteroatoms. The average molecular weight is 267 g/mol. The number of anilines is 1. The Morgan fingerprint density at radius 2 is 1.95 bits per heavy atom. The molecule has 0 aliphatic rings. The fourth-order valence-electron chi connectivity index (χ4n) is 2.09. The first-order valence-electron chi connectivity index (χ1n) is 6.03. The molecule has 2 aromatic heterocycles. The summed E-state index contributed by atoms with van der Waals surface area (Å²) in [5.41, 5.74) is -0.0823. The second-order valence-corrected chi connectivity index (χ2v) is 4.21. The fourth-order valence-corrected chi connectivity index (χ4v) is 2.09. The first-order chi connectivity index (χ1) is 9.02. The number of rotatable bonds is 4. The average Bonchev–Trinajstić information content (AvgIpc) is 2.79. The predicted octanol–water partition coefficient (Wildman–Crippen LogP) is -1.14. The highest BCUT2D eigenvalue weighted by molar-refractivity contribution is 5.74. The third kappa shape index (κ3) is 1.93. The lowest BCUT2D eigenvalue weighted by atomic mass is 10.5. The Hall–Kier alpha value is -2.09. The molecule has 2 aromatic rings. The molecule has 0 fully saturated rings. The minimum Gasteiger partial charge on any atom is -0.395 e. The zero-order valence-corrected chi connectivity index (χ0v) is 11.2. The molecule has 19 heavy (non-hydrogen) atoms. The van der Waals surface area contributed by atoms with Crippen LogP contribution in [0.1, 0.15) is 6.92 Å². The SMILES string of the molecule is CCn1c(NCCO)nc2c(=O)n(C)c(=O)n(C)c21. The van der Waals surface area contributed by atoms with Crippen LogP contribution in [0, 0.1) is 0 Å². The largest absolute Gasteiger partial charge is 0.395 e. The third-order valence-electron chi connectivity index (χ3n) is 3.05. The summed E-state index contributed by atoms with van der Waals surface area (Å²) in [5, 5.41) is 11.8. The predicted molar refractivity (Wildman–Crippen MR) is 71.5 cm³/mol. The lowest BCUT2D eigenvalue weighted by molar-refractivity contribution is 0.310. The van der Waals surface area contributed by atoms with Crippen molar-refractivity contribution in [2.45, 2.75) is 13.5 Å². The van der Waals surface area contributed by atoms with Crippen molar-refractivity contribution < 1.29 is 5.11 Å². The Labute approximate surface area is 108 Å². The number of fused-ring (bicyclic) bond motifs is 1. The summed E-state index contributed by atoms with van der Waals surface area (Å²) in [6.07, 6.45) is 0. The summed E-state index contributed by atoms with van der Waals surface area (Å²) in [5.74, 6) is 0.477. The molecule has 0 aromatic carbocycles. The number of hydrogen-bond donors (Lipinski definition) is 2. The maximum atomic E-state index is 12.1. The van der Waals surface area contributed by atoms with Crippen molar-refractivity contribution >= 4 is 17.1 Å². The zero-order valence-electron chi connectivity index (χ0n) is 11.2. The minimum absolute atomic E-state index is 0.0378. The number of aliphatic hydroxyl groups excluding tert-OH is 1. The van der Waals surface area contributed by atoms with Gasteiger partial charge in [-0.3, -0.25) is 18.5 Å². The van der Waals surface area contributed by atoms with Gasteiger partial charge in [0.2, 0.25) is 5.95 Å². The van der Waals surface area contributed by atoms with Crippen molar-refractivity contribution in [3.63, 3.8) is 0 Å². The number of nitrogens with zero attached hydrogens (tertiary/aromatic N) is 4. The van der Waals surface area contributed by atoms with Crippen LogP contribution in [0.25, 0.3) is 11.2 Å². The molecule has 0 aliphatic carbocycles. The van der Waals surface area contributed by atoms with Crippen molar-refractivity contribution in [1.29, 1.82) is 0 Å². The van der Waals surface area contributed by atoms with E-state index in [4.69, 9.17) is 5.11 Å². The molecule has 0 atom stereocenters. The number of aryl methyl sites for hydroxylation is 2. The maximum Gasteiger partial charge on any atom is 0.332 e. The number of aromatic nitrogens is 4. The van der Waals surface area contributed by atoms with Gasteiger partial charge in [0, 0.05) is 27.2 Å². The molecule has 0 radical (unpaired) electrons. The van der Waals surface area contributed by atoms with Crippen LogP contribution in [0.3, 0.4) is 0 Å². The molecule has 0 saturated carbocycles. The molecule has 0 amide bonds. The van der Waals surface area contributed by atoms with E-state index in [1.165, 1.54) is 11.6 Å². The van der Waals surface area contributed by atoms with Crippen molar-refractivity contribution in [3.8, 4) is 0 Å². The fraction of sp³-hybridized carbons (Fsp3) is 0.545. The van der Waals surface area contributed by atoms with Gasteiger partial charge in [-0.05, 0) is 6.92 Å². The third-order valence-corrected chi connectivity index (χ3v) is 3.05. The molecule has 0 spiro atoms. The molecule has 0 unspecified atom stereocenters. The Morgan fingerprint density at radius 3 is 2.53 bits per heavy atom. The molecule has 2 heterocycles. The van der Waals surface area contributed by atoms with Crippen LogP contribution < -0.4 is 16.6 Å². The molecule has 2 rings (SSSR count). The van der Waals surface area contributed by atoms with Gasteiger partial charge in [-0.1, -0.05) is 0 Å². The molecule has 104 valence electrons. The van der Waals surface area contributed by atoms with E-state index in [0.717, 1.165) is 4.57 Å². The molecule has 0 bridgehead atoms. The molecular weight excluding hydrogens is 250 g/mol. The summed E-state index contributed by atoms with van der Waals surface area (Å²) in [6, 6.07) is 0. The van der Waals surface area contributed by atoms with Crippen LogP contribution in [0.5, 0.6) is 0 Å². The number of hydrogen-bond acceptors (Lipinski definition) is 5. The summed E-state index contributed by atoms with van der Waals surface area (Å²) < 4.78 is 4.18. The topological polar surface area (TPSA) is 94.1 Å². The second kappa shape index (κ2) is 4.88. The monoisotopic (exact) mass is 267 g/mol. The molecule has 8 nitrogen and oxygen atoms in total. The van der Waals surface area contributed by atoms with E-state index in [2.05, 4.69) is 10.3 Å². The summed E-state index contributed by atoms with van der Waals surface area (Å²) in [7, 11) is 3.03. The highest BCUT2D eigenvalue weighted by atomic mass is 16.3. The first kappa shape index (κ1) is 13.3. The second-order valence-electron chi connectivity index (χ2n) is 4.21.